The van der Waals surface area contributed by atoms with Gasteiger partial charge in [0.2, 0.25) is 0 Å². The second-order valence-electron chi connectivity index (χ2n) is 6.01. The van der Waals surface area contributed by atoms with E-state index < -0.39 is 0 Å². The molecule has 0 aliphatic rings. The molecule has 3 aromatic carbocycles. The van der Waals surface area contributed by atoms with Crippen molar-refractivity contribution in [3.63, 3.8) is 0 Å². The van der Waals surface area contributed by atoms with Gasteiger partial charge in [0.1, 0.15) is 11.3 Å². The van der Waals surface area contributed by atoms with E-state index in [1.54, 1.807) is 18.2 Å². The van der Waals surface area contributed by atoms with Gasteiger partial charge in [-0.25, -0.2) is 9.79 Å². The van der Waals surface area contributed by atoms with Crippen molar-refractivity contribution in [1.29, 1.82) is 0 Å². The summed E-state index contributed by atoms with van der Waals surface area (Å²) in [4.78, 5) is 16.6. The number of benzene rings is 3. The highest BCUT2D eigenvalue weighted by Crippen LogP contribution is 2.22. The highest BCUT2D eigenvalue weighted by Gasteiger charge is 2.07. The lowest BCUT2D eigenvalue weighted by atomic mass is 10.1. The zero-order chi connectivity index (χ0) is 18.6. The zero-order valence-corrected chi connectivity index (χ0v) is 14.8. The fourth-order valence-electron chi connectivity index (χ4n) is 2.91. The van der Waals surface area contributed by atoms with Crippen LogP contribution >= 0.6 is 0 Å². The van der Waals surface area contributed by atoms with Crippen molar-refractivity contribution < 1.29 is 13.9 Å². The molecule has 4 aromatic rings. The van der Waals surface area contributed by atoms with Gasteiger partial charge in [-0.15, -0.1) is 0 Å². The summed E-state index contributed by atoms with van der Waals surface area (Å²) in [5.74, 6) is 0.349. The molecule has 0 saturated carbocycles. The van der Waals surface area contributed by atoms with Crippen molar-refractivity contribution in [2.24, 2.45) is 4.99 Å². The summed E-state index contributed by atoms with van der Waals surface area (Å²) >= 11 is 0. The number of hydrogen-bond acceptors (Lipinski definition) is 4. The number of rotatable bonds is 3. The first-order chi connectivity index (χ1) is 13.2. The van der Waals surface area contributed by atoms with E-state index in [0.717, 1.165) is 27.7 Å². The van der Waals surface area contributed by atoms with Crippen LogP contribution in [0.4, 0.5) is 5.69 Å². The third-order valence-corrected chi connectivity index (χ3v) is 4.23. The molecule has 0 atom stereocenters. The molecule has 4 rings (SSSR count). The highest BCUT2D eigenvalue weighted by atomic mass is 16.5. The van der Waals surface area contributed by atoms with Crippen LogP contribution in [-0.2, 0) is 4.74 Å². The van der Waals surface area contributed by atoms with Crippen molar-refractivity contribution in [3.8, 4) is 11.3 Å². The van der Waals surface area contributed by atoms with Crippen LogP contribution in [0.1, 0.15) is 10.4 Å². The second kappa shape index (κ2) is 7.30. The summed E-state index contributed by atoms with van der Waals surface area (Å²) in [7, 11) is 1.37. The molecule has 0 amide bonds. The molecule has 1 aromatic heterocycles. The van der Waals surface area contributed by atoms with Crippen LogP contribution < -0.4 is 5.36 Å². The maximum absolute atomic E-state index is 11.8. The van der Waals surface area contributed by atoms with Gasteiger partial charge in [-0.05, 0) is 30.3 Å². The number of para-hydroxylation sites is 1. The minimum atomic E-state index is -0.384. The van der Waals surface area contributed by atoms with Gasteiger partial charge >= 0.3 is 5.97 Å². The molecule has 4 nitrogen and oxygen atoms in total. The predicted octanol–water partition coefficient (Wildman–Crippen LogP) is 5.12. The van der Waals surface area contributed by atoms with Crippen LogP contribution in [0.15, 0.2) is 94.3 Å². The largest absolute Gasteiger partial charge is 0.465 e. The van der Waals surface area contributed by atoms with E-state index in [-0.39, 0.29) is 5.97 Å². The SMILES string of the molecule is COC(=O)c1cccc(N=c2cc(-c3ccccc3)oc3ccccc23)c1. The van der Waals surface area contributed by atoms with Gasteiger partial charge in [-0.2, -0.15) is 0 Å². The molecule has 0 aliphatic carbocycles. The summed E-state index contributed by atoms with van der Waals surface area (Å²) in [6.07, 6.45) is 0. The molecule has 0 radical (unpaired) electrons. The van der Waals surface area contributed by atoms with E-state index in [1.165, 1.54) is 7.11 Å². The molecule has 27 heavy (non-hydrogen) atoms. The molecule has 0 spiro atoms. The lowest BCUT2D eigenvalue weighted by molar-refractivity contribution is 0.0601. The van der Waals surface area contributed by atoms with E-state index in [0.29, 0.717) is 11.3 Å². The molecule has 0 fully saturated rings. The minimum absolute atomic E-state index is 0.384. The van der Waals surface area contributed by atoms with Crippen molar-refractivity contribution >= 4 is 22.6 Å². The third kappa shape index (κ3) is 3.51. The van der Waals surface area contributed by atoms with Gasteiger partial charge in [0.05, 0.1) is 23.7 Å². The molecule has 0 unspecified atom stereocenters. The molecule has 1 heterocycles. The van der Waals surface area contributed by atoms with Gasteiger partial charge in [-0.1, -0.05) is 48.5 Å². The molecular formula is C23H17NO3. The van der Waals surface area contributed by atoms with E-state index in [4.69, 9.17) is 14.1 Å². The first kappa shape index (κ1) is 16.8. The third-order valence-electron chi connectivity index (χ3n) is 4.23. The van der Waals surface area contributed by atoms with E-state index in [1.807, 2.05) is 66.7 Å². The quantitative estimate of drug-likeness (QED) is 0.479. The van der Waals surface area contributed by atoms with Gasteiger partial charge in [-0.3, -0.25) is 0 Å². The fraction of sp³-hybridized carbons (Fsp3) is 0.0435. The van der Waals surface area contributed by atoms with Gasteiger partial charge in [0.25, 0.3) is 0 Å². The maximum Gasteiger partial charge on any atom is 0.337 e. The standard InChI is InChI=1S/C23H17NO3/c1-26-23(25)17-10-7-11-18(14-17)24-20-15-22(16-8-3-2-4-9-16)27-21-13-6-5-12-19(20)21/h2-15H,1H3. The number of esters is 1. The maximum atomic E-state index is 11.8. The van der Waals surface area contributed by atoms with Gasteiger partial charge < -0.3 is 9.15 Å². The molecule has 4 heteroatoms. The Morgan fingerprint density at radius 1 is 0.889 bits per heavy atom. The number of fused-ring (bicyclic) bond motifs is 1. The smallest absolute Gasteiger partial charge is 0.337 e. The van der Waals surface area contributed by atoms with Gasteiger partial charge in [0.15, 0.2) is 0 Å². The Kier molecular flexibility index (Phi) is 4.54. The topological polar surface area (TPSA) is 51.8 Å². The number of carbonyl (C=O) groups is 1. The Labute approximate surface area is 156 Å². The predicted molar refractivity (Wildman–Crippen MR) is 105 cm³/mol. The Morgan fingerprint density at radius 3 is 2.48 bits per heavy atom. The number of nitrogens with zero attached hydrogens (tertiary/aromatic N) is 1. The molecule has 132 valence electrons. The van der Waals surface area contributed by atoms with Crippen molar-refractivity contribution in [1.82, 2.24) is 0 Å². The van der Waals surface area contributed by atoms with Crippen molar-refractivity contribution in [2.75, 3.05) is 7.11 Å². The lowest BCUT2D eigenvalue weighted by Crippen LogP contribution is -2.04. The summed E-state index contributed by atoms with van der Waals surface area (Å²) in [5, 5.41) is 1.68. The molecule has 0 aliphatic heterocycles. The summed E-state index contributed by atoms with van der Waals surface area (Å²) < 4.78 is 10.9. The van der Waals surface area contributed by atoms with Crippen LogP contribution in [0.2, 0.25) is 0 Å². The first-order valence-electron chi connectivity index (χ1n) is 8.56. The van der Waals surface area contributed by atoms with Crippen LogP contribution in [0.25, 0.3) is 22.3 Å². The Hall–Kier alpha value is -3.66. The number of methoxy groups -OCH3 is 1. The van der Waals surface area contributed by atoms with Crippen LogP contribution in [0, 0.1) is 0 Å². The molecule has 0 N–H and O–H groups in total. The van der Waals surface area contributed by atoms with Gasteiger partial charge in [0, 0.05) is 17.0 Å². The second-order valence-corrected chi connectivity index (χ2v) is 6.01. The van der Waals surface area contributed by atoms with E-state index in [2.05, 4.69) is 0 Å². The molecule has 0 bridgehead atoms. The average Bonchev–Trinajstić information content (AvgIpc) is 2.74. The van der Waals surface area contributed by atoms with E-state index >= 15 is 0 Å². The van der Waals surface area contributed by atoms with Crippen LogP contribution in [0.3, 0.4) is 0 Å². The molecular weight excluding hydrogens is 338 g/mol. The number of ether oxygens (including phenoxy) is 1. The lowest BCUT2D eigenvalue weighted by Gasteiger charge is -2.05. The Bertz CT molecular complexity index is 1180. The monoisotopic (exact) mass is 355 g/mol. The Morgan fingerprint density at radius 2 is 1.67 bits per heavy atom. The molecule has 0 saturated heterocycles. The minimum Gasteiger partial charge on any atom is -0.465 e. The normalized spacial score (nSPS) is 11.5. The van der Waals surface area contributed by atoms with Crippen molar-refractivity contribution in [2.45, 2.75) is 0 Å². The average molecular weight is 355 g/mol. The zero-order valence-electron chi connectivity index (χ0n) is 14.8. The summed E-state index contributed by atoms with van der Waals surface area (Å²) in [6, 6.07) is 26.7. The Balaban J connectivity index is 1.93. The summed E-state index contributed by atoms with van der Waals surface area (Å²) in [6.45, 7) is 0. The highest BCUT2D eigenvalue weighted by molar-refractivity contribution is 5.90. The number of hydrogen-bond donors (Lipinski definition) is 0. The number of carbonyl (C=O) groups excluding carboxylic acids is 1. The van der Waals surface area contributed by atoms with E-state index in [9.17, 15) is 4.79 Å². The van der Waals surface area contributed by atoms with Crippen LogP contribution in [0.5, 0.6) is 0 Å². The summed E-state index contributed by atoms with van der Waals surface area (Å²) in [5.41, 5.74) is 2.87. The first-order valence-corrected chi connectivity index (χ1v) is 8.56. The fourth-order valence-corrected chi connectivity index (χ4v) is 2.91. The van der Waals surface area contributed by atoms with Crippen LogP contribution in [-0.4, -0.2) is 13.1 Å². The van der Waals surface area contributed by atoms with Crippen molar-refractivity contribution in [3.05, 3.63) is 95.8 Å².